The van der Waals surface area contributed by atoms with Gasteiger partial charge < -0.3 is 4.52 Å². The monoisotopic (exact) mass is 147 g/mol. The van der Waals surface area contributed by atoms with Crippen LogP contribution in [0.1, 0.15) is 19.8 Å². The van der Waals surface area contributed by atoms with Crippen LogP contribution in [-0.2, 0) is 5.83 Å². The molecule has 0 aliphatic carbocycles. The Morgan fingerprint density at radius 2 is 2.44 bits per heavy atom. The van der Waals surface area contributed by atoms with Crippen molar-refractivity contribution in [1.29, 1.82) is 0 Å². The molecule has 0 atom stereocenters. The molecular weight excluding hydrogens is 138 g/mol. The lowest BCUT2D eigenvalue weighted by Crippen LogP contribution is -1.80. The van der Waals surface area contributed by atoms with Crippen molar-refractivity contribution in [3.8, 4) is 0 Å². The predicted molar refractivity (Wildman–Crippen MR) is 35.5 cm³/mol. The maximum absolute atomic E-state index is 7.20. The first-order valence-electron chi connectivity index (χ1n) is 3.55. The SMILES string of the molecule is [2H]C([2H])(Cl)c1c(C)noc1C. The number of aryl methyl sites for hydroxylation is 2. The van der Waals surface area contributed by atoms with Gasteiger partial charge in [-0.25, -0.2) is 0 Å². The van der Waals surface area contributed by atoms with E-state index >= 15 is 0 Å². The van der Waals surface area contributed by atoms with Gasteiger partial charge in [0.05, 0.1) is 11.5 Å². The maximum Gasteiger partial charge on any atom is 0.138 e. The molecule has 0 aromatic carbocycles. The molecule has 9 heavy (non-hydrogen) atoms. The normalized spacial score (nSPS) is 15.0. The van der Waals surface area contributed by atoms with Crippen molar-refractivity contribution in [2.45, 2.75) is 19.7 Å². The van der Waals surface area contributed by atoms with Crippen LogP contribution in [0.3, 0.4) is 0 Å². The third-order valence-corrected chi connectivity index (χ3v) is 1.32. The zero-order valence-corrected chi connectivity index (χ0v) is 5.99. The highest BCUT2D eigenvalue weighted by molar-refractivity contribution is 6.17. The van der Waals surface area contributed by atoms with Gasteiger partial charge in [-0.05, 0) is 13.8 Å². The maximum atomic E-state index is 7.20. The number of hydrogen-bond acceptors (Lipinski definition) is 2. The van der Waals surface area contributed by atoms with E-state index in [2.05, 4.69) is 5.16 Å². The molecule has 0 aliphatic rings. The highest BCUT2D eigenvalue weighted by Gasteiger charge is 2.05. The van der Waals surface area contributed by atoms with E-state index in [1.807, 2.05) is 0 Å². The molecule has 1 aromatic heterocycles. The summed E-state index contributed by atoms with van der Waals surface area (Å²) in [6.45, 7) is 3.29. The quantitative estimate of drug-likeness (QED) is 0.569. The van der Waals surface area contributed by atoms with E-state index in [-0.39, 0.29) is 0 Å². The fraction of sp³-hybridized carbons (Fsp3) is 0.500. The first-order valence-corrected chi connectivity index (χ1v) is 2.93. The fourth-order valence-electron chi connectivity index (χ4n) is 0.618. The van der Waals surface area contributed by atoms with Gasteiger partial charge in [0.2, 0.25) is 0 Å². The van der Waals surface area contributed by atoms with Crippen molar-refractivity contribution in [3.63, 3.8) is 0 Å². The van der Waals surface area contributed by atoms with Crippen molar-refractivity contribution in [2.24, 2.45) is 0 Å². The van der Waals surface area contributed by atoms with Crippen molar-refractivity contribution in [2.75, 3.05) is 0 Å². The Morgan fingerprint density at radius 3 is 2.67 bits per heavy atom. The van der Waals surface area contributed by atoms with E-state index in [4.69, 9.17) is 18.9 Å². The average Bonchev–Trinajstić information content (AvgIpc) is 2.08. The smallest absolute Gasteiger partial charge is 0.138 e. The van der Waals surface area contributed by atoms with Gasteiger partial charge in [-0.1, -0.05) is 5.16 Å². The van der Waals surface area contributed by atoms with Crippen LogP contribution in [0.2, 0.25) is 0 Å². The summed E-state index contributed by atoms with van der Waals surface area (Å²) in [6.07, 6.45) is 0. The molecule has 1 aromatic rings. The zero-order valence-electron chi connectivity index (χ0n) is 7.23. The molecule has 0 amide bonds. The first-order chi connectivity index (χ1) is 4.93. The van der Waals surface area contributed by atoms with Crippen molar-refractivity contribution in [1.82, 2.24) is 5.16 Å². The van der Waals surface area contributed by atoms with Gasteiger partial charge in [0.25, 0.3) is 0 Å². The van der Waals surface area contributed by atoms with Crippen LogP contribution in [0.15, 0.2) is 4.52 Å². The molecule has 50 valence electrons. The van der Waals surface area contributed by atoms with Gasteiger partial charge in [-0.15, -0.1) is 11.6 Å². The van der Waals surface area contributed by atoms with E-state index in [1.165, 1.54) is 0 Å². The minimum absolute atomic E-state index is 0.333. The van der Waals surface area contributed by atoms with Crippen LogP contribution in [0.4, 0.5) is 0 Å². The summed E-state index contributed by atoms with van der Waals surface area (Å²) in [6, 6.07) is 0. The van der Waals surface area contributed by atoms with Crippen LogP contribution in [0.25, 0.3) is 0 Å². The molecule has 0 saturated carbocycles. The second-order valence-corrected chi connectivity index (χ2v) is 1.98. The second-order valence-electron chi connectivity index (χ2n) is 1.79. The van der Waals surface area contributed by atoms with Crippen molar-refractivity contribution in [3.05, 3.63) is 17.0 Å². The highest BCUT2D eigenvalue weighted by atomic mass is 35.5. The lowest BCUT2D eigenvalue weighted by molar-refractivity contribution is 0.392. The van der Waals surface area contributed by atoms with Crippen LogP contribution in [0.5, 0.6) is 0 Å². The molecule has 0 unspecified atom stereocenters. The van der Waals surface area contributed by atoms with E-state index < -0.39 is 5.83 Å². The van der Waals surface area contributed by atoms with Gasteiger partial charge in [-0.2, -0.15) is 0 Å². The highest BCUT2D eigenvalue weighted by Crippen LogP contribution is 2.13. The topological polar surface area (TPSA) is 26.0 Å². The summed E-state index contributed by atoms with van der Waals surface area (Å²) in [7, 11) is 0. The van der Waals surface area contributed by atoms with Gasteiger partial charge in [0.1, 0.15) is 5.76 Å². The zero-order chi connectivity index (χ0) is 8.65. The summed E-state index contributed by atoms with van der Waals surface area (Å²) >= 11 is 5.44. The van der Waals surface area contributed by atoms with E-state index in [9.17, 15) is 0 Å². The minimum Gasteiger partial charge on any atom is -0.361 e. The lowest BCUT2D eigenvalue weighted by Gasteiger charge is -1.86. The molecule has 0 saturated heterocycles. The number of aromatic nitrogens is 1. The van der Waals surface area contributed by atoms with Gasteiger partial charge in [0, 0.05) is 8.30 Å². The minimum atomic E-state index is -1.88. The molecule has 0 radical (unpaired) electrons. The molecule has 0 aliphatic heterocycles. The molecule has 1 rings (SSSR count). The van der Waals surface area contributed by atoms with E-state index in [0.717, 1.165) is 0 Å². The molecule has 0 N–H and O–H groups in total. The van der Waals surface area contributed by atoms with Crippen LogP contribution in [-0.4, -0.2) is 5.16 Å². The summed E-state index contributed by atoms with van der Waals surface area (Å²) in [5, 5.41) is 3.58. The predicted octanol–water partition coefficient (Wildman–Crippen LogP) is 2.03. The first kappa shape index (κ1) is 4.34. The van der Waals surface area contributed by atoms with Crippen molar-refractivity contribution < 1.29 is 7.26 Å². The average molecular weight is 148 g/mol. The Hall–Kier alpha value is -0.500. The largest absolute Gasteiger partial charge is 0.361 e. The Labute approximate surface area is 61.6 Å². The number of nitrogens with zero attached hydrogens (tertiary/aromatic N) is 1. The summed E-state index contributed by atoms with van der Waals surface area (Å²) < 4.78 is 19.2. The van der Waals surface area contributed by atoms with Crippen molar-refractivity contribution >= 4 is 11.6 Å². The third kappa shape index (κ3) is 1.08. The Bertz CT molecular complexity index is 247. The Morgan fingerprint density at radius 1 is 1.78 bits per heavy atom. The number of rotatable bonds is 1. The molecular formula is C6H8ClNO. The molecule has 1 heterocycles. The number of halogens is 1. The van der Waals surface area contributed by atoms with Gasteiger partial charge in [0.15, 0.2) is 0 Å². The summed E-state index contributed by atoms with van der Waals surface area (Å²) in [4.78, 5) is 0. The van der Waals surface area contributed by atoms with E-state index in [0.29, 0.717) is 17.0 Å². The molecule has 0 bridgehead atoms. The second kappa shape index (κ2) is 2.40. The van der Waals surface area contributed by atoms with E-state index in [1.54, 1.807) is 13.8 Å². The summed E-state index contributed by atoms with van der Waals surface area (Å²) in [5.74, 6) is -1.45. The Kier molecular flexibility index (Phi) is 1.15. The summed E-state index contributed by atoms with van der Waals surface area (Å²) in [5.41, 5.74) is 0.835. The standard InChI is InChI=1S/C6H8ClNO/c1-4-6(3-7)5(2)9-8-4/h3H2,1-2H3/i3D2. The van der Waals surface area contributed by atoms with Gasteiger partial charge >= 0.3 is 0 Å². The lowest BCUT2D eigenvalue weighted by atomic mass is 10.2. The molecule has 2 nitrogen and oxygen atoms in total. The number of alkyl halides is 1. The molecule has 0 fully saturated rings. The van der Waals surface area contributed by atoms with Crippen LogP contribution in [0, 0.1) is 13.8 Å². The molecule has 0 spiro atoms. The molecule has 3 heteroatoms. The van der Waals surface area contributed by atoms with Gasteiger partial charge in [-0.3, -0.25) is 0 Å². The van der Waals surface area contributed by atoms with Crippen LogP contribution < -0.4 is 0 Å². The fourth-order valence-corrected chi connectivity index (χ4v) is 0.888. The third-order valence-electron chi connectivity index (χ3n) is 1.13. The number of hydrogen-bond donors (Lipinski definition) is 0. The Balaban J connectivity index is 3.21. The van der Waals surface area contributed by atoms with Crippen LogP contribution >= 0.6 is 11.6 Å².